The second-order valence-electron chi connectivity index (χ2n) is 2.99. The van der Waals surface area contributed by atoms with Crippen molar-refractivity contribution < 1.29 is 14.3 Å². The van der Waals surface area contributed by atoms with E-state index in [0.717, 1.165) is 4.90 Å². The number of carbonyl (C=O) groups excluding carboxylic acids is 2. The van der Waals surface area contributed by atoms with Crippen LogP contribution in [-0.4, -0.2) is 24.4 Å². The van der Waals surface area contributed by atoms with Crippen LogP contribution in [0.5, 0.6) is 0 Å². The molecule has 1 amide bonds. The van der Waals surface area contributed by atoms with Crippen LogP contribution in [0.4, 0.5) is 0 Å². The molecule has 0 aromatic heterocycles. The molecule has 1 N–H and O–H groups in total. The van der Waals surface area contributed by atoms with E-state index in [1.165, 1.54) is 18.9 Å². The topological polar surface area (TPSA) is 55.4 Å². The number of rotatable bonds is 1. The summed E-state index contributed by atoms with van der Waals surface area (Å²) in [5.74, 6) is -0.678. The maximum absolute atomic E-state index is 11.6. The minimum atomic E-state index is -0.641. The number of methoxy groups -OCH3 is 1. The van der Waals surface area contributed by atoms with E-state index >= 15 is 0 Å². The molecule has 1 aromatic rings. The van der Waals surface area contributed by atoms with E-state index < -0.39 is 11.3 Å². The molecule has 78 valence electrons. The lowest BCUT2D eigenvalue weighted by molar-refractivity contribution is -0.140. The Hall–Kier alpha value is -1.49. The summed E-state index contributed by atoms with van der Waals surface area (Å²) in [5, 5.41) is 1.93. The van der Waals surface area contributed by atoms with E-state index in [1.807, 2.05) is 12.1 Å². The maximum atomic E-state index is 11.6. The molecule has 1 heterocycles. The first-order valence-corrected chi connectivity index (χ1v) is 5.24. The van der Waals surface area contributed by atoms with Gasteiger partial charge in [0.25, 0.3) is 5.91 Å². The predicted octanol–water partition coefficient (Wildman–Crippen LogP) is 1.02. The van der Waals surface area contributed by atoms with Gasteiger partial charge in [0.1, 0.15) is 0 Å². The van der Waals surface area contributed by atoms with Gasteiger partial charge >= 0.3 is 5.97 Å². The highest BCUT2D eigenvalue weighted by atomic mass is 32.2. The third-order valence-corrected chi connectivity index (χ3v) is 3.21. The summed E-state index contributed by atoms with van der Waals surface area (Å²) >= 11 is 1.29. The number of carbonyl (C=O) groups is 2. The van der Waals surface area contributed by atoms with E-state index in [2.05, 4.69) is 10.1 Å². The van der Waals surface area contributed by atoms with Crippen LogP contribution < -0.4 is 5.32 Å². The zero-order valence-corrected chi connectivity index (χ0v) is 8.84. The van der Waals surface area contributed by atoms with Gasteiger partial charge in [-0.25, -0.2) is 4.79 Å². The minimum Gasteiger partial charge on any atom is -0.467 e. The van der Waals surface area contributed by atoms with E-state index in [4.69, 9.17) is 0 Å². The quantitative estimate of drug-likeness (QED) is 0.722. The fourth-order valence-corrected chi connectivity index (χ4v) is 2.38. The van der Waals surface area contributed by atoms with Crippen LogP contribution in [0.15, 0.2) is 29.2 Å². The highest BCUT2D eigenvalue weighted by Gasteiger charge is 2.29. The van der Waals surface area contributed by atoms with Crippen molar-refractivity contribution in [3.63, 3.8) is 0 Å². The highest BCUT2D eigenvalue weighted by molar-refractivity contribution is 8.00. The zero-order valence-electron chi connectivity index (χ0n) is 8.02. The van der Waals surface area contributed by atoms with Crippen LogP contribution in [0.25, 0.3) is 0 Å². The predicted molar refractivity (Wildman–Crippen MR) is 55.6 cm³/mol. The molecule has 5 heteroatoms. The van der Waals surface area contributed by atoms with Crippen LogP contribution in [0.3, 0.4) is 0 Å². The number of thioether (sulfide) groups is 1. The molecule has 0 fully saturated rings. The van der Waals surface area contributed by atoms with Crippen molar-refractivity contribution in [2.45, 2.75) is 10.3 Å². The molecule has 1 unspecified atom stereocenters. The summed E-state index contributed by atoms with van der Waals surface area (Å²) in [6, 6.07) is 7.16. The van der Waals surface area contributed by atoms with Crippen LogP contribution in [-0.2, 0) is 9.53 Å². The standard InChI is InChI=1S/C10H9NO3S/c1-14-10(13)9-11-8(12)6-4-2-3-5-7(6)15-9/h2-5,9H,1H3,(H,11,12). The number of benzene rings is 1. The van der Waals surface area contributed by atoms with Crippen molar-refractivity contribution in [3.05, 3.63) is 29.8 Å². The van der Waals surface area contributed by atoms with Gasteiger partial charge < -0.3 is 10.1 Å². The van der Waals surface area contributed by atoms with Crippen molar-refractivity contribution in [3.8, 4) is 0 Å². The van der Waals surface area contributed by atoms with Crippen molar-refractivity contribution >= 4 is 23.6 Å². The van der Waals surface area contributed by atoms with Crippen LogP contribution in [0, 0.1) is 0 Å². The first kappa shape index (κ1) is 10.0. The summed E-state index contributed by atoms with van der Waals surface area (Å²) < 4.78 is 4.58. The number of esters is 1. The Morgan fingerprint density at radius 3 is 2.93 bits per heavy atom. The molecule has 0 saturated heterocycles. The SMILES string of the molecule is COC(=O)C1NC(=O)c2ccccc2S1. The van der Waals surface area contributed by atoms with Gasteiger partial charge in [0.2, 0.25) is 0 Å². The van der Waals surface area contributed by atoms with Crippen molar-refractivity contribution in [2.75, 3.05) is 7.11 Å². The normalized spacial score (nSPS) is 19.0. The van der Waals surface area contributed by atoms with E-state index in [9.17, 15) is 9.59 Å². The first-order chi connectivity index (χ1) is 7.22. The number of hydrogen-bond donors (Lipinski definition) is 1. The van der Waals surface area contributed by atoms with Gasteiger partial charge in [-0.05, 0) is 12.1 Å². The van der Waals surface area contributed by atoms with Gasteiger partial charge in [-0.2, -0.15) is 0 Å². The number of nitrogens with one attached hydrogen (secondary N) is 1. The lowest BCUT2D eigenvalue weighted by Gasteiger charge is -2.22. The summed E-state index contributed by atoms with van der Waals surface area (Å²) in [6.45, 7) is 0. The lowest BCUT2D eigenvalue weighted by Crippen LogP contribution is -2.42. The molecular formula is C10H9NO3S. The van der Waals surface area contributed by atoms with Crippen molar-refractivity contribution in [1.29, 1.82) is 0 Å². The minimum absolute atomic E-state index is 0.236. The molecule has 15 heavy (non-hydrogen) atoms. The van der Waals surface area contributed by atoms with Crippen molar-refractivity contribution in [1.82, 2.24) is 5.32 Å². The third-order valence-electron chi connectivity index (χ3n) is 2.05. The van der Waals surface area contributed by atoms with Gasteiger partial charge in [0.15, 0.2) is 5.37 Å². The Morgan fingerprint density at radius 1 is 1.47 bits per heavy atom. The molecule has 2 rings (SSSR count). The van der Waals surface area contributed by atoms with E-state index in [0.29, 0.717) is 5.56 Å². The molecule has 4 nitrogen and oxygen atoms in total. The Morgan fingerprint density at radius 2 is 2.20 bits per heavy atom. The van der Waals surface area contributed by atoms with Gasteiger partial charge in [-0.3, -0.25) is 4.79 Å². The average Bonchev–Trinajstić information content (AvgIpc) is 2.28. The molecule has 1 aromatic carbocycles. The second-order valence-corrected chi connectivity index (χ2v) is 4.14. The van der Waals surface area contributed by atoms with Crippen LogP contribution in [0.2, 0.25) is 0 Å². The first-order valence-electron chi connectivity index (χ1n) is 4.37. The monoisotopic (exact) mass is 223 g/mol. The molecular weight excluding hydrogens is 214 g/mol. The van der Waals surface area contributed by atoms with Gasteiger partial charge in [-0.1, -0.05) is 23.9 Å². The smallest absolute Gasteiger partial charge is 0.339 e. The molecule has 0 bridgehead atoms. The number of amides is 1. The van der Waals surface area contributed by atoms with E-state index in [1.54, 1.807) is 12.1 Å². The Kier molecular flexibility index (Phi) is 2.64. The second kappa shape index (κ2) is 3.94. The summed E-state index contributed by atoms with van der Waals surface area (Å²) in [5.41, 5.74) is 0.600. The molecule has 0 saturated carbocycles. The average molecular weight is 223 g/mol. The summed E-state index contributed by atoms with van der Waals surface area (Å²) in [4.78, 5) is 23.7. The largest absolute Gasteiger partial charge is 0.467 e. The van der Waals surface area contributed by atoms with Gasteiger partial charge in [0, 0.05) is 4.90 Å². The lowest BCUT2D eigenvalue weighted by atomic mass is 10.2. The molecule has 0 aliphatic carbocycles. The molecule has 1 atom stereocenters. The van der Waals surface area contributed by atoms with Crippen molar-refractivity contribution in [2.24, 2.45) is 0 Å². The number of hydrogen-bond acceptors (Lipinski definition) is 4. The fraction of sp³-hybridized carbons (Fsp3) is 0.200. The van der Waals surface area contributed by atoms with Gasteiger partial charge in [-0.15, -0.1) is 0 Å². The molecule has 1 aliphatic rings. The Balaban J connectivity index is 2.30. The highest BCUT2D eigenvalue weighted by Crippen LogP contribution is 2.30. The summed E-state index contributed by atoms with van der Waals surface area (Å²) in [6.07, 6.45) is 0. The molecule has 1 aliphatic heterocycles. The third kappa shape index (κ3) is 1.83. The van der Waals surface area contributed by atoms with Crippen LogP contribution >= 0.6 is 11.8 Å². The van der Waals surface area contributed by atoms with E-state index in [-0.39, 0.29) is 5.91 Å². The maximum Gasteiger partial charge on any atom is 0.339 e. The molecule has 0 radical (unpaired) electrons. The summed E-state index contributed by atoms with van der Waals surface area (Å²) in [7, 11) is 1.30. The number of fused-ring (bicyclic) bond motifs is 1. The number of ether oxygens (including phenoxy) is 1. The Labute approximate surface area is 91.0 Å². The van der Waals surface area contributed by atoms with Gasteiger partial charge in [0.05, 0.1) is 12.7 Å². The zero-order chi connectivity index (χ0) is 10.8. The fourth-order valence-electron chi connectivity index (χ4n) is 1.32. The molecule has 0 spiro atoms. The van der Waals surface area contributed by atoms with Crippen LogP contribution in [0.1, 0.15) is 10.4 Å². The Bertz CT molecular complexity index is 419.